The van der Waals surface area contributed by atoms with Gasteiger partial charge in [-0.2, -0.15) is 5.10 Å². The maximum Gasteiger partial charge on any atom is 0.190 e. The van der Waals surface area contributed by atoms with E-state index in [9.17, 15) is 0 Å². The van der Waals surface area contributed by atoms with Gasteiger partial charge in [-0.15, -0.1) is 22.9 Å². The summed E-state index contributed by atoms with van der Waals surface area (Å²) < 4.78 is 3.60. The molecule has 0 unspecified atom stereocenters. The third kappa shape index (κ3) is 2.88. The van der Waals surface area contributed by atoms with Gasteiger partial charge in [-0.1, -0.05) is 11.6 Å². The lowest BCUT2D eigenvalue weighted by Crippen LogP contribution is -2.11. The number of nitrogens with zero attached hydrogens (tertiary/aromatic N) is 5. The second-order valence-corrected chi connectivity index (χ2v) is 5.74. The Kier molecular flexibility index (Phi) is 4.10. The van der Waals surface area contributed by atoms with Crippen LogP contribution in [-0.2, 0) is 12.9 Å². The summed E-state index contributed by atoms with van der Waals surface area (Å²) in [5, 5.41) is 6.58. The molecule has 5 nitrogen and oxygen atoms in total. The molecule has 3 rings (SSSR count). The van der Waals surface area contributed by atoms with E-state index in [-0.39, 0.29) is 0 Å². The van der Waals surface area contributed by atoms with E-state index in [2.05, 4.69) is 15.1 Å². The first kappa shape index (κ1) is 14.3. The molecule has 3 aromatic heterocycles. The van der Waals surface area contributed by atoms with Gasteiger partial charge in [0.2, 0.25) is 0 Å². The molecular formula is C13H11Cl2N5S. The second-order valence-electron chi connectivity index (χ2n) is 4.28. The number of hydrogen-bond acceptors (Lipinski definition) is 4. The molecule has 21 heavy (non-hydrogen) atoms. The Hall–Kier alpha value is -1.63. The summed E-state index contributed by atoms with van der Waals surface area (Å²) in [7, 11) is 1.92. The van der Waals surface area contributed by atoms with E-state index in [1.807, 2.05) is 29.1 Å². The van der Waals surface area contributed by atoms with Gasteiger partial charge in [-0.25, -0.2) is 9.67 Å². The Bertz CT molecular complexity index is 819. The standard InChI is InChI=1S/C13H11Cl2N5S/c1-19-10(5-14)8-21-13(19)17-11-7-20(18-12(11)15)9-3-2-4-16-6-9/h2-4,6-8H,5H2,1H3. The van der Waals surface area contributed by atoms with Crippen molar-refractivity contribution in [3.05, 3.63) is 51.8 Å². The minimum absolute atomic E-state index is 0.347. The minimum Gasteiger partial charge on any atom is -0.323 e. The van der Waals surface area contributed by atoms with Crippen LogP contribution in [0.25, 0.3) is 5.69 Å². The summed E-state index contributed by atoms with van der Waals surface area (Å²) in [5.74, 6) is 0.450. The highest BCUT2D eigenvalue weighted by Crippen LogP contribution is 2.24. The molecule has 0 saturated carbocycles. The molecule has 3 aromatic rings. The summed E-state index contributed by atoms with van der Waals surface area (Å²) in [5.41, 5.74) is 2.45. The number of pyridine rings is 1. The molecule has 0 amide bonds. The zero-order valence-corrected chi connectivity index (χ0v) is 13.4. The summed E-state index contributed by atoms with van der Waals surface area (Å²) in [6.45, 7) is 0. The fourth-order valence-electron chi connectivity index (χ4n) is 1.77. The van der Waals surface area contributed by atoms with E-state index in [0.717, 1.165) is 16.2 Å². The number of alkyl halides is 1. The van der Waals surface area contributed by atoms with Gasteiger partial charge in [-0.3, -0.25) is 4.98 Å². The van der Waals surface area contributed by atoms with Crippen LogP contribution in [0.3, 0.4) is 0 Å². The molecule has 8 heteroatoms. The fraction of sp³-hybridized carbons (Fsp3) is 0.154. The van der Waals surface area contributed by atoms with Crippen molar-refractivity contribution in [3.8, 4) is 5.69 Å². The highest BCUT2D eigenvalue weighted by Gasteiger charge is 2.08. The maximum absolute atomic E-state index is 6.16. The topological polar surface area (TPSA) is 48.0 Å². The molecule has 3 heterocycles. The molecule has 0 aliphatic rings. The normalized spacial score (nSPS) is 12.0. The van der Waals surface area contributed by atoms with Crippen LogP contribution in [0.4, 0.5) is 5.69 Å². The molecule has 0 fully saturated rings. The Morgan fingerprint density at radius 1 is 1.43 bits per heavy atom. The van der Waals surface area contributed by atoms with Crippen LogP contribution >= 0.6 is 34.5 Å². The zero-order valence-electron chi connectivity index (χ0n) is 11.1. The van der Waals surface area contributed by atoms with E-state index in [1.54, 1.807) is 23.3 Å². The Morgan fingerprint density at radius 3 is 2.95 bits per heavy atom. The average molecular weight is 340 g/mol. The van der Waals surface area contributed by atoms with Crippen molar-refractivity contribution in [2.75, 3.05) is 0 Å². The quantitative estimate of drug-likeness (QED) is 0.687. The van der Waals surface area contributed by atoms with Crippen molar-refractivity contribution in [2.45, 2.75) is 5.88 Å². The smallest absolute Gasteiger partial charge is 0.190 e. The monoisotopic (exact) mass is 339 g/mol. The highest BCUT2D eigenvalue weighted by molar-refractivity contribution is 7.07. The molecule has 0 bridgehead atoms. The summed E-state index contributed by atoms with van der Waals surface area (Å²) in [6, 6.07) is 3.74. The first-order valence-corrected chi connectivity index (χ1v) is 7.88. The van der Waals surface area contributed by atoms with Crippen molar-refractivity contribution in [2.24, 2.45) is 12.0 Å². The minimum atomic E-state index is 0.347. The number of aromatic nitrogens is 4. The first-order valence-electron chi connectivity index (χ1n) is 6.08. The molecule has 0 saturated heterocycles. The van der Waals surface area contributed by atoms with Crippen molar-refractivity contribution in [1.82, 2.24) is 19.3 Å². The average Bonchev–Trinajstić information content (AvgIpc) is 3.05. The van der Waals surface area contributed by atoms with Crippen molar-refractivity contribution in [1.29, 1.82) is 0 Å². The maximum atomic E-state index is 6.16. The molecule has 0 aliphatic carbocycles. The second kappa shape index (κ2) is 6.01. The van der Waals surface area contributed by atoms with Crippen LogP contribution in [0.1, 0.15) is 5.69 Å². The lowest BCUT2D eigenvalue weighted by Gasteiger charge is -1.97. The number of rotatable bonds is 3. The van der Waals surface area contributed by atoms with Gasteiger partial charge < -0.3 is 4.57 Å². The molecule has 0 aromatic carbocycles. The van der Waals surface area contributed by atoms with Gasteiger partial charge >= 0.3 is 0 Å². The molecule has 0 radical (unpaired) electrons. The molecule has 0 spiro atoms. The van der Waals surface area contributed by atoms with Gasteiger partial charge in [0.1, 0.15) is 5.69 Å². The van der Waals surface area contributed by atoms with Crippen LogP contribution in [-0.4, -0.2) is 19.3 Å². The van der Waals surface area contributed by atoms with E-state index < -0.39 is 0 Å². The largest absolute Gasteiger partial charge is 0.323 e. The molecule has 0 N–H and O–H groups in total. The van der Waals surface area contributed by atoms with Crippen LogP contribution in [0.2, 0.25) is 5.15 Å². The Balaban J connectivity index is 2.04. The predicted octanol–water partition coefficient (Wildman–Crippen LogP) is 3.29. The highest BCUT2D eigenvalue weighted by atomic mass is 35.5. The van der Waals surface area contributed by atoms with E-state index in [1.165, 1.54) is 11.3 Å². The number of thiazole rings is 1. The summed E-state index contributed by atoms with van der Waals surface area (Å²) in [4.78, 5) is 9.42. The van der Waals surface area contributed by atoms with Crippen LogP contribution in [0.5, 0.6) is 0 Å². The van der Waals surface area contributed by atoms with Gasteiger partial charge in [0.25, 0.3) is 0 Å². The third-order valence-corrected chi connectivity index (χ3v) is 4.44. The van der Waals surface area contributed by atoms with E-state index >= 15 is 0 Å². The predicted molar refractivity (Wildman–Crippen MR) is 84.4 cm³/mol. The van der Waals surface area contributed by atoms with Crippen molar-refractivity contribution < 1.29 is 0 Å². The lowest BCUT2D eigenvalue weighted by molar-refractivity contribution is 0.827. The number of halogens is 2. The first-order chi connectivity index (χ1) is 10.2. The van der Waals surface area contributed by atoms with E-state index in [0.29, 0.717) is 16.7 Å². The van der Waals surface area contributed by atoms with Gasteiger partial charge in [0, 0.05) is 24.3 Å². The molecule has 0 atom stereocenters. The summed E-state index contributed by atoms with van der Waals surface area (Å²) >= 11 is 13.5. The Morgan fingerprint density at radius 2 is 2.29 bits per heavy atom. The van der Waals surface area contributed by atoms with Crippen molar-refractivity contribution >= 4 is 40.2 Å². The molecule has 0 aliphatic heterocycles. The van der Waals surface area contributed by atoms with E-state index in [4.69, 9.17) is 23.2 Å². The van der Waals surface area contributed by atoms with Gasteiger partial charge in [0.05, 0.1) is 24.0 Å². The zero-order chi connectivity index (χ0) is 14.8. The lowest BCUT2D eigenvalue weighted by atomic mass is 10.4. The van der Waals surface area contributed by atoms with Gasteiger partial charge in [0.15, 0.2) is 9.95 Å². The SMILES string of the molecule is Cn1c(CCl)csc1=Nc1cn(-c2cccnc2)nc1Cl. The molecular weight excluding hydrogens is 329 g/mol. The van der Waals surface area contributed by atoms with Crippen LogP contribution in [0, 0.1) is 0 Å². The molecule has 108 valence electrons. The Labute approximate surface area is 135 Å². The fourth-order valence-corrected chi connectivity index (χ4v) is 3.20. The van der Waals surface area contributed by atoms with Crippen LogP contribution < -0.4 is 4.80 Å². The van der Waals surface area contributed by atoms with Gasteiger partial charge in [-0.05, 0) is 12.1 Å². The third-order valence-electron chi connectivity index (χ3n) is 2.93. The number of hydrogen-bond donors (Lipinski definition) is 0. The van der Waals surface area contributed by atoms with Crippen molar-refractivity contribution in [3.63, 3.8) is 0 Å². The summed E-state index contributed by atoms with van der Waals surface area (Å²) in [6.07, 6.45) is 5.20. The van der Waals surface area contributed by atoms with Crippen LogP contribution in [0.15, 0.2) is 41.1 Å².